The van der Waals surface area contributed by atoms with Crippen molar-refractivity contribution in [3.05, 3.63) is 69.9 Å². The van der Waals surface area contributed by atoms with Gasteiger partial charge in [0.25, 0.3) is 0 Å². The van der Waals surface area contributed by atoms with Crippen LogP contribution in [0.1, 0.15) is 0 Å². The van der Waals surface area contributed by atoms with Crippen molar-refractivity contribution in [2.75, 3.05) is 5.32 Å². The van der Waals surface area contributed by atoms with E-state index in [0.29, 0.717) is 0 Å². The Labute approximate surface area is 133 Å². The molecule has 0 radical (unpaired) electrons. The molecule has 5 heteroatoms. The Hall–Kier alpha value is -1.59. The maximum atomic E-state index is 4.38. The van der Waals surface area contributed by atoms with Crippen molar-refractivity contribution < 1.29 is 0 Å². The van der Waals surface area contributed by atoms with E-state index in [1.165, 1.54) is 0 Å². The fourth-order valence-corrected chi connectivity index (χ4v) is 3.12. The number of nitrogens with zero attached hydrogens (tertiary/aromatic N) is 2. The quantitative estimate of drug-likeness (QED) is 0.668. The third kappa shape index (κ3) is 2.64. The smallest absolute Gasteiger partial charge is 0.212 e. The molecule has 2 aromatic carbocycles. The van der Waals surface area contributed by atoms with Gasteiger partial charge in [0, 0.05) is 27.0 Å². The number of para-hydroxylation sites is 2. The van der Waals surface area contributed by atoms with Gasteiger partial charge in [-0.05, 0) is 56.1 Å². The summed E-state index contributed by atoms with van der Waals surface area (Å²) in [5, 5.41) is 3.35. The summed E-state index contributed by atoms with van der Waals surface area (Å²) in [6.45, 7) is 0. The topological polar surface area (TPSA) is 29.9 Å². The van der Waals surface area contributed by atoms with Crippen molar-refractivity contribution in [1.29, 1.82) is 0 Å². The summed E-state index contributed by atoms with van der Waals surface area (Å²) in [6.07, 6.45) is 3.71. The molecule has 100 valence electrons. The van der Waals surface area contributed by atoms with Gasteiger partial charge < -0.3 is 5.32 Å². The second kappa shape index (κ2) is 5.81. The van der Waals surface area contributed by atoms with E-state index < -0.39 is 0 Å². The molecule has 3 rings (SSSR count). The normalized spacial score (nSPS) is 10.5. The highest BCUT2D eigenvalue weighted by atomic mass is 79.9. The van der Waals surface area contributed by atoms with Crippen molar-refractivity contribution in [1.82, 2.24) is 9.55 Å². The van der Waals surface area contributed by atoms with Crippen LogP contribution >= 0.6 is 31.9 Å². The number of rotatable bonds is 3. The Kier molecular flexibility index (Phi) is 3.89. The van der Waals surface area contributed by atoms with Gasteiger partial charge in [-0.1, -0.05) is 24.3 Å². The Balaban J connectivity index is 1.99. The zero-order chi connectivity index (χ0) is 13.9. The molecule has 0 atom stereocenters. The minimum absolute atomic E-state index is 0.767. The van der Waals surface area contributed by atoms with Crippen LogP contribution in [0.15, 0.2) is 69.9 Å². The molecule has 1 aromatic heterocycles. The summed E-state index contributed by atoms with van der Waals surface area (Å²) >= 11 is 7.09. The van der Waals surface area contributed by atoms with Gasteiger partial charge >= 0.3 is 0 Å². The summed E-state index contributed by atoms with van der Waals surface area (Å²) in [5.74, 6) is 0.767. The number of anilines is 2. The van der Waals surface area contributed by atoms with Crippen LogP contribution in [0.3, 0.4) is 0 Å². The highest BCUT2D eigenvalue weighted by Crippen LogP contribution is 2.33. The van der Waals surface area contributed by atoms with Crippen molar-refractivity contribution in [3.8, 4) is 5.69 Å². The number of aromatic nitrogens is 2. The lowest BCUT2D eigenvalue weighted by Gasteiger charge is -2.12. The fourth-order valence-electron chi connectivity index (χ4n) is 1.92. The molecule has 0 fully saturated rings. The first-order valence-electron chi connectivity index (χ1n) is 6.05. The van der Waals surface area contributed by atoms with Crippen LogP contribution in [0, 0.1) is 0 Å². The SMILES string of the molecule is Brc1cccc(Br)c1Nc1nccn1-c1ccccc1. The molecular weight excluding hydrogens is 382 g/mol. The second-order valence-electron chi connectivity index (χ2n) is 4.18. The lowest BCUT2D eigenvalue weighted by atomic mass is 10.3. The summed E-state index contributed by atoms with van der Waals surface area (Å²) in [4.78, 5) is 4.38. The zero-order valence-electron chi connectivity index (χ0n) is 10.4. The van der Waals surface area contributed by atoms with Crippen LogP contribution in [0.4, 0.5) is 11.6 Å². The molecule has 20 heavy (non-hydrogen) atoms. The molecule has 1 heterocycles. The number of nitrogens with one attached hydrogen (secondary N) is 1. The van der Waals surface area contributed by atoms with E-state index in [-0.39, 0.29) is 0 Å². The molecule has 1 N–H and O–H groups in total. The van der Waals surface area contributed by atoms with E-state index in [0.717, 1.165) is 26.3 Å². The Morgan fingerprint density at radius 1 is 0.900 bits per heavy atom. The highest BCUT2D eigenvalue weighted by molar-refractivity contribution is 9.11. The number of benzene rings is 2. The monoisotopic (exact) mass is 391 g/mol. The summed E-state index contributed by atoms with van der Waals surface area (Å²) in [7, 11) is 0. The maximum absolute atomic E-state index is 4.38. The van der Waals surface area contributed by atoms with Gasteiger partial charge in [-0.2, -0.15) is 0 Å². The summed E-state index contributed by atoms with van der Waals surface area (Å²) < 4.78 is 3.97. The fraction of sp³-hybridized carbons (Fsp3) is 0. The van der Waals surface area contributed by atoms with Crippen LogP contribution in [0.25, 0.3) is 5.69 Å². The van der Waals surface area contributed by atoms with E-state index in [9.17, 15) is 0 Å². The predicted octanol–water partition coefficient (Wildman–Crippen LogP) is 5.14. The zero-order valence-corrected chi connectivity index (χ0v) is 13.6. The molecule has 0 saturated carbocycles. The van der Waals surface area contributed by atoms with E-state index in [4.69, 9.17) is 0 Å². The average Bonchev–Trinajstić information content (AvgIpc) is 2.92. The Bertz CT molecular complexity index is 703. The molecule has 0 bridgehead atoms. The van der Waals surface area contributed by atoms with E-state index in [1.54, 1.807) is 6.20 Å². The van der Waals surface area contributed by atoms with Gasteiger partial charge in [-0.15, -0.1) is 0 Å². The predicted molar refractivity (Wildman–Crippen MR) is 88.7 cm³/mol. The first kappa shape index (κ1) is 13.4. The van der Waals surface area contributed by atoms with Gasteiger partial charge in [-0.25, -0.2) is 4.98 Å². The van der Waals surface area contributed by atoms with Gasteiger partial charge in [0.15, 0.2) is 0 Å². The minimum atomic E-state index is 0.767. The molecule has 0 unspecified atom stereocenters. The third-order valence-corrected chi connectivity index (χ3v) is 4.20. The van der Waals surface area contributed by atoms with Crippen LogP contribution in [-0.4, -0.2) is 9.55 Å². The molecule has 3 nitrogen and oxygen atoms in total. The van der Waals surface area contributed by atoms with Crippen molar-refractivity contribution in [3.63, 3.8) is 0 Å². The molecular formula is C15H11Br2N3. The summed E-state index contributed by atoms with van der Waals surface area (Å²) in [5.41, 5.74) is 2.02. The minimum Gasteiger partial charge on any atom is -0.323 e. The van der Waals surface area contributed by atoms with Gasteiger partial charge in [0.05, 0.1) is 5.69 Å². The van der Waals surface area contributed by atoms with Crippen LogP contribution in [-0.2, 0) is 0 Å². The largest absolute Gasteiger partial charge is 0.323 e. The first-order chi connectivity index (χ1) is 9.75. The number of halogens is 2. The molecule has 0 aliphatic rings. The molecule has 0 spiro atoms. The second-order valence-corrected chi connectivity index (χ2v) is 5.89. The first-order valence-corrected chi connectivity index (χ1v) is 7.64. The highest BCUT2D eigenvalue weighted by Gasteiger charge is 2.09. The van der Waals surface area contributed by atoms with Crippen molar-refractivity contribution >= 4 is 43.5 Å². The van der Waals surface area contributed by atoms with Crippen LogP contribution in [0.2, 0.25) is 0 Å². The molecule has 3 aromatic rings. The van der Waals surface area contributed by atoms with Gasteiger partial charge in [0.2, 0.25) is 5.95 Å². The van der Waals surface area contributed by atoms with Gasteiger partial charge in [-0.3, -0.25) is 4.57 Å². The Morgan fingerprint density at radius 3 is 2.30 bits per heavy atom. The third-order valence-electron chi connectivity index (χ3n) is 2.87. The van der Waals surface area contributed by atoms with Crippen LogP contribution < -0.4 is 5.32 Å². The lowest BCUT2D eigenvalue weighted by Crippen LogP contribution is -2.02. The summed E-state index contributed by atoms with van der Waals surface area (Å²) in [6, 6.07) is 16.1. The molecule has 0 aliphatic heterocycles. The van der Waals surface area contributed by atoms with Crippen LogP contribution in [0.5, 0.6) is 0 Å². The number of hydrogen-bond donors (Lipinski definition) is 1. The maximum Gasteiger partial charge on any atom is 0.212 e. The van der Waals surface area contributed by atoms with E-state index in [1.807, 2.05) is 59.3 Å². The van der Waals surface area contributed by atoms with E-state index >= 15 is 0 Å². The number of imidazole rings is 1. The lowest BCUT2D eigenvalue weighted by molar-refractivity contribution is 1.06. The molecule has 0 amide bonds. The Morgan fingerprint density at radius 2 is 1.60 bits per heavy atom. The van der Waals surface area contributed by atoms with Crippen molar-refractivity contribution in [2.45, 2.75) is 0 Å². The van der Waals surface area contributed by atoms with E-state index in [2.05, 4.69) is 42.2 Å². The number of hydrogen-bond acceptors (Lipinski definition) is 2. The molecule has 0 saturated heterocycles. The average molecular weight is 393 g/mol. The standard InChI is InChI=1S/C15H11Br2N3/c16-12-7-4-8-13(17)14(12)19-15-18-9-10-20(15)11-5-2-1-3-6-11/h1-10H,(H,18,19). The van der Waals surface area contributed by atoms with Crippen molar-refractivity contribution in [2.24, 2.45) is 0 Å². The molecule has 0 aliphatic carbocycles. The van der Waals surface area contributed by atoms with Gasteiger partial charge in [0.1, 0.15) is 0 Å².